The van der Waals surface area contributed by atoms with E-state index in [1.54, 1.807) is 6.92 Å². The van der Waals surface area contributed by atoms with Gasteiger partial charge in [0, 0.05) is 43.4 Å². The Morgan fingerprint density at radius 3 is 2.72 bits per heavy atom. The van der Waals surface area contributed by atoms with Crippen molar-refractivity contribution in [1.29, 1.82) is 0 Å². The number of aromatic hydroxyl groups is 1. The van der Waals surface area contributed by atoms with E-state index in [1.165, 1.54) is 16.4 Å². The molecule has 0 saturated carbocycles. The van der Waals surface area contributed by atoms with Gasteiger partial charge in [-0.25, -0.2) is 8.78 Å². The molecule has 1 aromatic carbocycles. The first-order valence-electron chi connectivity index (χ1n) is 11.3. The second-order valence-electron chi connectivity index (χ2n) is 9.24. The lowest BCUT2D eigenvalue weighted by Gasteiger charge is -2.41. The van der Waals surface area contributed by atoms with Crippen LogP contribution in [-0.2, 0) is 16.2 Å². The number of amides is 2. The molecule has 3 unspecified atom stereocenters. The number of benzene rings is 1. The summed E-state index contributed by atoms with van der Waals surface area (Å²) < 4.78 is 28.4. The molecule has 36 heavy (non-hydrogen) atoms. The number of hydrogen-bond acceptors (Lipinski definition) is 7. The summed E-state index contributed by atoms with van der Waals surface area (Å²) in [6.45, 7) is 2.97. The van der Waals surface area contributed by atoms with Gasteiger partial charge in [-0.3, -0.25) is 19.2 Å². The molecule has 2 amide bonds. The Labute approximate surface area is 203 Å². The Balaban J connectivity index is 1.57. The Kier molecular flexibility index (Phi) is 5.42. The second kappa shape index (κ2) is 8.25. The highest BCUT2D eigenvalue weighted by Gasteiger charge is 2.58. The number of halogens is 2. The van der Waals surface area contributed by atoms with E-state index < -0.39 is 51.8 Å². The Morgan fingerprint density at radius 2 is 2.06 bits per heavy atom. The van der Waals surface area contributed by atoms with Crippen molar-refractivity contribution in [2.45, 2.75) is 50.9 Å². The maximum atomic E-state index is 14.0. The van der Waals surface area contributed by atoms with Gasteiger partial charge in [0.2, 0.25) is 16.8 Å². The smallest absolute Gasteiger partial charge is 0.274 e. The average Bonchev–Trinajstić information content (AvgIpc) is 3.05. The average molecular weight is 500 g/mol. The van der Waals surface area contributed by atoms with Crippen LogP contribution in [0.25, 0.3) is 0 Å². The van der Waals surface area contributed by atoms with Crippen molar-refractivity contribution in [3.63, 3.8) is 0 Å². The number of nitrogens with one attached hydrogen (secondary N) is 1. The number of ketones is 1. The lowest BCUT2D eigenvalue weighted by molar-refractivity contribution is -0.140. The number of Topliss-reactive ketones (excluding diaryl/α,β-unsaturated/α-hetero) is 1. The lowest BCUT2D eigenvalue weighted by atomic mass is 9.83. The van der Waals surface area contributed by atoms with Crippen LogP contribution in [0.4, 0.5) is 8.78 Å². The van der Waals surface area contributed by atoms with Gasteiger partial charge >= 0.3 is 0 Å². The van der Waals surface area contributed by atoms with Crippen LogP contribution in [0.5, 0.6) is 5.75 Å². The molecule has 1 spiro atoms. The Morgan fingerprint density at radius 1 is 1.31 bits per heavy atom. The molecule has 3 aliphatic rings. The summed E-state index contributed by atoms with van der Waals surface area (Å²) in [6, 6.07) is 1.65. The number of aromatic nitrogens is 1. The summed E-state index contributed by atoms with van der Waals surface area (Å²) in [5.74, 6) is -4.55. The molecule has 5 rings (SSSR count). The van der Waals surface area contributed by atoms with E-state index in [1.807, 2.05) is 0 Å². The minimum Gasteiger partial charge on any atom is -0.503 e. The first-order valence-corrected chi connectivity index (χ1v) is 11.3. The first-order chi connectivity index (χ1) is 17.0. The van der Waals surface area contributed by atoms with Gasteiger partial charge in [-0.2, -0.15) is 0 Å². The standard InChI is InChI=1S/C24H22F2N4O6/c1-11-5-6-24(21(33)12(2)28-36-24)17-10-29(11)23(35)18-20(32)19(31)15(9-30(17)18)22(34)27-8-13-3-4-14(25)7-16(13)26/h3-4,7,9,11,17,32H,5-6,8,10H2,1-2H3,(H,27,34). The van der Waals surface area contributed by atoms with E-state index in [0.29, 0.717) is 12.5 Å². The molecule has 0 radical (unpaired) electrons. The number of rotatable bonds is 3. The summed E-state index contributed by atoms with van der Waals surface area (Å²) >= 11 is 0. The van der Waals surface area contributed by atoms with E-state index in [0.717, 1.165) is 18.3 Å². The van der Waals surface area contributed by atoms with Gasteiger partial charge in [0.15, 0.2) is 11.4 Å². The van der Waals surface area contributed by atoms with Gasteiger partial charge in [-0.15, -0.1) is 0 Å². The molecule has 4 heterocycles. The minimum absolute atomic E-state index is 0.0212. The van der Waals surface area contributed by atoms with Crippen LogP contribution in [0.1, 0.15) is 59.1 Å². The van der Waals surface area contributed by atoms with Gasteiger partial charge < -0.3 is 24.7 Å². The normalized spacial score (nSPS) is 24.8. The largest absolute Gasteiger partial charge is 0.503 e. The third-order valence-electron chi connectivity index (χ3n) is 7.14. The third-order valence-corrected chi connectivity index (χ3v) is 7.14. The molecule has 3 atom stereocenters. The van der Waals surface area contributed by atoms with Gasteiger partial charge in [-0.05, 0) is 26.3 Å². The molecule has 188 valence electrons. The zero-order chi connectivity index (χ0) is 25.9. The van der Waals surface area contributed by atoms with Crippen molar-refractivity contribution < 1.29 is 33.1 Å². The number of pyridine rings is 1. The number of carbonyl (C=O) groups is 3. The fraction of sp³-hybridized carbons (Fsp3) is 0.375. The summed E-state index contributed by atoms with van der Waals surface area (Å²) in [5.41, 5.74) is -3.32. The molecule has 1 fully saturated rings. The molecular weight excluding hydrogens is 478 g/mol. The maximum absolute atomic E-state index is 14.0. The number of hydrogen-bond donors (Lipinski definition) is 2. The summed E-state index contributed by atoms with van der Waals surface area (Å²) in [5, 5.41) is 17.0. The van der Waals surface area contributed by atoms with Crippen LogP contribution in [0, 0.1) is 11.6 Å². The maximum Gasteiger partial charge on any atom is 0.274 e. The minimum atomic E-state index is -1.48. The quantitative estimate of drug-likeness (QED) is 0.659. The highest BCUT2D eigenvalue weighted by atomic mass is 19.1. The molecule has 2 bridgehead atoms. The highest BCUT2D eigenvalue weighted by molar-refractivity contribution is 6.43. The Bertz CT molecular complexity index is 1420. The fourth-order valence-corrected chi connectivity index (χ4v) is 5.08. The van der Waals surface area contributed by atoms with Crippen molar-refractivity contribution in [1.82, 2.24) is 14.8 Å². The summed E-state index contributed by atoms with van der Waals surface area (Å²) in [4.78, 5) is 59.4. The summed E-state index contributed by atoms with van der Waals surface area (Å²) in [6.07, 6.45) is 1.74. The molecule has 1 aromatic heterocycles. The monoisotopic (exact) mass is 500 g/mol. The van der Waals surface area contributed by atoms with Crippen LogP contribution >= 0.6 is 0 Å². The zero-order valence-electron chi connectivity index (χ0n) is 19.4. The van der Waals surface area contributed by atoms with Crippen LogP contribution < -0.4 is 10.7 Å². The van der Waals surface area contributed by atoms with E-state index in [9.17, 15) is 33.1 Å². The highest BCUT2D eigenvalue weighted by Crippen LogP contribution is 2.44. The molecular formula is C24H22F2N4O6. The van der Waals surface area contributed by atoms with Crippen LogP contribution in [0.2, 0.25) is 0 Å². The number of oxime groups is 1. The predicted molar refractivity (Wildman–Crippen MR) is 121 cm³/mol. The number of nitrogens with zero attached hydrogens (tertiary/aromatic N) is 3. The van der Waals surface area contributed by atoms with Crippen molar-refractivity contribution in [3.05, 3.63) is 63.1 Å². The van der Waals surface area contributed by atoms with Gasteiger partial charge in [-0.1, -0.05) is 11.2 Å². The molecule has 2 aromatic rings. The van der Waals surface area contributed by atoms with Crippen LogP contribution in [0.3, 0.4) is 0 Å². The van der Waals surface area contributed by atoms with Gasteiger partial charge in [0.05, 0.1) is 0 Å². The van der Waals surface area contributed by atoms with Crippen molar-refractivity contribution in [3.8, 4) is 5.75 Å². The first kappa shape index (κ1) is 23.6. The molecule has 3 aliphatic heterocycles. The summed E-state index contributed by atoms with van der Waals surface area (Å²) in [7, 11) is 0. The van der Waals surface area contributed by atoms with Crippen LogP contribution in [0.15, 0.2) is 34.3 Å². The Hall–Kier alpha value is -4.09. The molecule has 1 saturated heterocycles. The van der Waals surface area contributed by atoms with Crippen molar-refractivity contribution in [2.75, 3.05) is 6.54 Å². The van der Waals surface area contributed by atoms with Gasteiger partial charge in [0.25, 0.3) is 11.8 Å². The number of fused-ring (bicyclic) bond motifs is 5. The third kappa shape index (κ3) is 3.39. The second-order valence-corrected chi connectivity index (χ2v) is 9.24. The zero-order valence-corrected chi connectivity index (χ0v) is 19.4. The molecule has 0 aliphatic carbocycles. The predicted octanol–water partition coefficient (Wildman–Crippen LogP) is 1.66. The molecule has 2 N–H and O–H groups in total. The SMILES string of the molecule is CC1=NOC2(CCC(C)N3CC2n2cc(C(=O)NCc4ccc(F)cc4F)c(=O)c(O)c2C3=O)C1=O. The number of carbonyl (C=O) groups excluding carboxylic acids is 3. The molecule has 10 nitrogen and oxygen atoms in total. The topological polar surface area (TPSA) is 130 Å². The van der Waals surface area contributed by atoms with E-state index in [2.05, 4.69) is 10.5 Å². The van der Waals surface area contributed by atoms with E-state index >= 15 is 0 Å². The molecule has 12 heteroatoms. The van der Waals surface area contributed by atoms with Crippen molar-refractivity contribution >= 4 is 23.3 Å². The van der Waals surface area contributed by atoms with Crippen molar-refractivity contribution in [2.24, 2.45) is 5.16 Å². The van der Waals surface area contributed by atoms with Crippen LogP contribution in [-0.4, -0.2) is 56.1 Å². The van der Waals surface area contributed by atoms with Gasteiger partial charge in [0.1, 0.15) is 29.0 Å². The lowest BCUT2D eigenvalue weighted by Crippen LogP contribution is -2.55. The van der Waals surface area contributed by atoms with E-state index in [4.69, 9.17) is 4.84 Å². The van der Waals surface area contributed by atoms with E-state index in [-0.39, 0.29) is 48.3 Å². The fourth-order valence-electron chi connectivity index (χ4n) is 5.08.